The van der Waals surface area contributed by atoms with Crippen LogP contribution in [-0.4, -0.2) is 49.1 Å². The number of rotatable bonds is 4. The predicted molar refractivity (Wildman–Crippen MR) is 73.5 cm³/mol. The van der Waals surface area contributed by atoms with Crippen LogP contribution in [0.4, 0.5) is 0 Å². The first kappa shape index (κ1) is 13.8. The van der Waals surface area contributed by atoms with Crippen LogP contribution in [0.1, 0.15) is 39.5 Å². The Balaban J connectivity index is 1.77. The molecule has 2 aliphatic heterocycles. The number of carbonyl (C=O) groups excluding carboxylic acids is 1. The Morgan fingerprint density at radius 3 is 2.94 bits per heavy atom. The number of likely N-dealkylation sites (N-methyl/N-ethyl adjacent to an activating group) is 1. The topological polar surface area (TPSA) is 44.4 Å². The van der Waals surface area contributed by atoms with Crippen LogP contribution in [0.2, 0.25) is 0 Å². The van der Waals surface area contributed by atoms with E-state index in [9.17, 15) is 4.79 Å². The van der Waals surface area contributed by atoms with E-state index >= 15 is 0 Å². The fourth-order valence-corrected chi connectivity index (χ4v) is 3.27. The summed E-state index contributed by atoms with van der Waals surface area (Å²) >= 11 is 0. The lowest BCUT2D eigenvalue weighted by Gasteiger charge is -2.30. The Bertz CT molecular complexity index is 282. The molecule has 4 nitrogen and oxygen atoms in total. The molecular weight excluding hydrogens is 226 g/mol. The molecule has 0 spiro atoms. The smallest absolute Gasteiger partial charge is 0.237 e. The zero-order valence-corrected chi connectivity index (χ0v) is 11.7. The Morgan fingerprint density at radius 2 is 2.22 bits per heavy atom. The highest BCUT2D eigenvalue weighted by molar-refractivity contribution is 5.82. The van der Waals surface area contributed by atoms with Crippen LogP contribution in [0, 0.1) is 5.92 Å². The van der Waals surface area contributed by atoms with Crippen molar-refractivity contribution in [3.63, 3.8) is 0 Å². The average Bonchev–Trinajstić information content (AvgIpc) is 2.84. The molecule has 0 radical (unpaired) electrons. The molecular formula is C14H27N3O. The first-order chi connectivity index (χ1) is 8.72. The molecule has 1 amide bonds. The summed E-state index contributed by atoms with van der Waals surface area (Å²) in [5.41, 5.74) is 0. The van der Waals surface area contributed by atoms with Crippen molar-refractivity contribution < 1.29 is 4.79 Å². The number of hydrogen-bond acceptors (Lipinski definition) is 3. The van der Waals surface area contributed by atoms with Crippen molar-refractivity contribution in [2.45, 2.75) is 51.6 Å². The van der Waals surface area contributed by atoms with Crippen LogP contribution >= 0.6 is 0 Å². The average molecular weight is 253 g/mol. The van der Waals surface area contributed by atoms with E-state index in [1.165, 1.54) is 25.8 Å². The molecule has 0 aliphatic carbocycles. The molecule has 104 valence electrons. The molecule has 2 saturated heterocycles. The van der Waals surface area contributed by atoms with E-state index in [4.69, 9.17) is 0 Å². The standard InChI is InChI=1S/C14H27N3O/c1-3-17-9-5-7-12(17)10-16-14(18)13-11(2)6-4-8-15-13/h11-13,15H,3-10H2,1-2H3,(H,16,18). The summed E-state index contributed by atoms with van der Waals surface area (Å²) in [5.74, 6) is 0.662. The highest BCUT2D eigenvalue weighted by atomic mass is 16.2. The number of nitrogens with one attached hydrogen (secondary N) is 2. The highest BCUT2D eigenvalue weighted by Crippen LogP contribution is 2.17. The van der Waals surface area contributed by atoms with E-state index in [-0.39, 0.29) is 11.9 Å². The summed E-state index contributed by atoms with van der Waals surface area (Å²) in [6.07, 6.45) is 4.85. The second-order valence-corrected chi connectivity index (χ2v) is 5.72. The lowest BCUT2D eigenvalue weighted by Crippen LogP contribution is -2.52. The summed E-state index contributed by atoms with van der Waals surface area (Å²) in [6.45, 7) is 8.45. The molecule has 0 saturated carbocycles. The van der Waals surface area contributed by atoms with Gasteiger partial charge in [-0.15, -0.1) is 0 Å². The molecule has 2 heterocycles. The minimum atomic E-state index is 0.0234. The van der Waals surface area contributed by atoms with Crippen LogP contribution in [0.5, 0.6) is 0 Å². The quantitative estimate of drug-likeness (QED) is 0.785. The lowest BCUT2D eigenvalue weighted by atomic mass is 9.92. The van der Waals surface area contributed by atoms with Gasteiger partial charge in [0.15, 0.2) is 0 Å². The Kier molecular flexibility index (Phi) is 5.01. The number of amides is 1. The zero-order valence-electron chi connectivity index (χ0n) is 11.7. The summed E-state index contributed by atoms with van der Waals surface area (Å²) in [5, 5.41) is 6.49. The molecule has 0 aromatic heterocycles. The largest absolute Gasteiger partial charge is 0.353 e. The fraction of sp³-hybridized carbons (Fsp3) is 0.929. The van der Waals surface area contributed by atoms with Gasteiger partial charge in [-0.25, -0.2) is 0 Å². The Hall–Kier alpha value is -0.610. The Morgan fingerprint density at radius 1 is 1.39 bits per heavy atom. The van der Waals surface area contributed by atoms with Gasteiger partial charge in [0.2, 0.25) is 5.91 Å². The fourth-order valence-electron chi connectivity index (χ4n) is 3.27. The normalized spacial score (nSPS) is 33.6. The van der Waals surface area contributed by atoms with Gasteiger partial charge in [0.05, 0.1) is 6.04 Å². The molecule has 0 bridgehead atoms. The van der Waals surface area contributed by atoms with E-state index in [1.54, 1.807) is 0 Å². The molecule has 2 N–H and O–H groups in total. The summed E-state index contributed by atoms with van der Waals surface area (Å²) < 4.78 is 0. The summed E-state index contributed by atoms with van der Waals surface area (Å²) in [6, 6.07) is 0.577. The van der Waals surface area contributed by atoms with Crippen LogP contribution in [0.25, 0.3) is 0 Å². The number of hydrogen-bond donors (Lipinski definition) is 2. The second kappa shape index (κ2) is 6.53. The third-order valence-electron chi connectivity index (χ3n) is 4.47. The van der Waals surface area contributed by atoms with E-state index in [1.807, 2.05) is 0 Å². The van der Waals surface area contributed by atoms with Crippen molar-refractivity contribution in [2.75, 3.05) is 26.2 Å². The Labute approximate surface area is 110 Å². The van der Waals surface area contributed by atoms with Gasteiger partial charge in [0, 0.05) is 12.6 Å². The van der Waals surface area contributed by atoms with Crippen LogP contribution < -0.4 is 10.6 Å². The van der Waals surface area contributed by atoms with Crippen molar-refractivity contribution >= 4 is 5.91 Å². The highest BCUT2D eigenvalue weighted by Gasteiger charge is 2.29. The summed E-state index contributed by atoms with van der Waals surface area (Å²) in [4.78, 5) is 14.6. The maximum Gasteiger partial charge on any atom is 0.237 e. The third-order valence-corrected chi connectivity index (χ3v) is 4.47. The minimum absolute atomic E-state index is 0.0234. The zero-order chi connectivity index (χ0) is 13.0. The maximum absolute atomic E-state index is 12.2. The number of carbonyl (C=O) groups is 1. The van der Waals surface area contributed by atoms with Gasteiger partial charge in [0.25, 0.3) is 0 Å². The van der Waals surface area contributed by atoms with Crippen molar-refractivity contribution in [3.8, 4) is 0 Å². The molecule has 2 aliphatic rings. The number of nitrogens with zero attached hydrogens (tertiary/aromatic N) is 1. The third kappa shape index (κ3) is 3.23. The molecule has 18 heavy (non-hydrogen) atoms. The van der Waals surface area contributed by atoms with Crippen molar-refractivity contribution in [1.82, 2.24) is 15.5 Å². The van der Waals surface area contributed by atoms with E-state index < -0.39 is 0 Å². The van der Waals surface area contributed by atoms with Crippen molar-refractivity contribution in [3.05, 3.63) is 0 Å². The SMILES string of the molecule is CCN1CCCC1CNC(=O)C1NCCCC1C. The van der Waals surface area contributed by atoms with Gasteiger partial charge in [-0.05, 0) is 51.2 Å². The van der Waals surface area contributed by atoms with Crippen LogP contribution in [0.3, 0.4) is 0 Å². The van der Waals surface area contributed by atoms with Gasteiger partial charge in [-0.1, -0.05) is 13.8 Å². The minimum Gasteiger partial charge on any atom is -0.353 e. The van der Waals surface area contributed by atoms with Crippen LogP contribution in [0.15, 0.2) is 0 Å². The van der Waals surface area contributed by atoms with E-state index in [0.29, 0.717) is 12.0 Å². The predicted octanol–water partition coefficient (Wildman–Crippen LogP) is 0.975. The van der Waals surface area contributed by atoms with Gasteiger partial charge in [0.1, 0.15) is 0 Å². The van der Waals surface area contributed by atoms with Gasteiger partial charge in [-0.3, -0.25) is 9.69 Å². The molecule has 2 rings (SSSR count). The van der Waals surface area contributed by atoms with Crippen molar-refractivity contribution in [1.29, 1.82) is 0 Å². The number of likely N-dealkylation sites (tertiary alicyclic amines) is 1. The maximum atomic E-state index is 12.2. The molecule has 0 aromatic carbocycles. The summed E-state index contributed by atoms with van der Waals surface area (Å²) in [7, 11) is 0. The van der Waals surface area contributed by atoms with E-state index in [0.717, 1.165) is 26.1 Å². The first-order valence-corrected chi connectivity index (χ1v) is 7.47. The van der Waals surface area contributed by atoms with Crippen molar-refractivity contribution in [2.24, 2.45) is 5.92 Å². The molecule has 0 aromatic rings. The van der Waals surface area contributed by atoms with Gasteiger partial charge >= 0.3 is 0 Å². The molecule has 4 heteroatoms. The lowest BCUT2D eigenvalue weighted by molar-refractivity contribution is -0.125. The molecule has 2 fully saturated rings. The van der Waals surface area contributed by atoms with Gasteiger partial charge in [-0.2, -0.15) is 0 Å². The second-order valence-electron chi connectivity index (χ2n) is 5.72. The number of piperidine rings is 1. The van der Waals surface area contributed by atoms with Crippen LogP contribution in [-0.2, 0) is 4.79 Å². The first-order valence-electron chi connectivity index (χ1n) is 7.47. The monoisotopic (exact) mass is 253 g/mol. The van der Waals surface area contributed by atoms with Gasteiger partial charge < -0.3 is 10.6 Å². The molecule has 3 unspecified atom stereocenters. The van der Waals surface area contributed by atoms with E-state index in [2.05, 4.69) is 29.4 Å². The molecule has 3 atom stereocenters.